The van der Waals surface area contributed by atoms with Gasteiger partial charge in [-0.15, -0.1) is 0 Å². The Bertz CT molecular complexity index is 1050. The number of amides is 1. The Kier molecular flexibility index (Phi) is 5.53. The number of morpholine rings is 1. The number of halogens is 4. The summed E-state index contributed by atoms with van der Waals surface area (Å²) in [5.41, 5.74) is -0.646. The van der Waals surface area contributed by atoms with Gasteiger partial charge in [-0.05, 0) is 23.8 Å². The summed E-state index contributed by atoms with van der Waals surface area (Å²) in [4.78, 5) is 14.4. The molecule has 0 bridgehead atoms. The predicted molar refractivity (Wildman–Crippen MR) is 105 cm³/mol. The first-order valence-corrected chi connectivity index (χ1v) is 9.59. The average Bonchev–Trinajstić information content (AvgIpc) is 3.20. The van der Waals surface area contributed by atoms with E-state index in [9.17, 15) is 18.0 Å². The first-order chi connectivity index (χ1) is 14.3. The monoisotopic (exact) mass is 435 g/mol. The summed E-state index contributed by atoms with van der Waals surface area (Å²) in [6.45, 7) is 0.583. The fourth-order valence-corrected chi connectivity index (χ4v) is 3.64. The maximum absolute atomic E-state index is 13.9. The van der Waals surface area contributed by atoms with E-state index in [0.29, 0.717) is 4.68 Å². The number of rotatable bonds is 3. The third-order valence-electron chi connectivity index (χ3n) is 4.85. The van der Waals surface area contributed by atoms with Crippen molar-refractivity contribution < 1.29 is 22.7 Å². The molecule has 0 radical (unpaired) electrons. The highest BCUT2D eigenvalue weighted by Crippen LogP contribution is 2.35. The van der Waals surface area contributed by atoms with Crippen molar-refractivity contribution in [1.29, 1.82) is 0 Å². The molecule has 1 aliphatic rings. The molecule has 1 aliphatic heterocycles. The molecule has 0 N–H and O–H groups in total. The van der Waals surface area contributed by atoms with Crippen LogP contribution in [0, 0.1) is 0 Å². The highest BCUT2D eigenvalue weighted by Gasteiger charge is 2.42. The lowest BCUT2D eigenvalue weighted by atomic mass is 10.1. The normalized spacial score (nSPS) is 17.2. The second-order valence-corrected chi connectivity index (χ2v) is 7.25. The van der Waals surface area contributed by atoms with Crippen LogP contribution in [0.15, 0.2) is 60.8 Å². The lowest BCUT2D eigenvalue weighted by molar-refractivity contribution is -0.143. The van der Waals surface area contributed by atoms with Gasteiger partial charge in [-0.1, -0.05) is 48.0 Å². The smallest absolute Gasteiger partial charge is 0.370 e. The van der Waals surface area contributed by atoms with Gasteiger partial charge in [0.1, 0.15) is 6.10 Å². The Labute approximate surface area is 175 Å². The van der Waals surface area contributed by atoms with Crippen LogP contribution in [-0.2, 0) is 10.9 Å². The van der Waals surface area contributed by atoms with E-state index < -0.39 is 29.4 Å². The minimum atomic E-state index is -4.78. The van der Waals surface area contributed by atoms with Crippen molar-refractivity contribution in [2.75, 3.05) is 19.7 Å². The van der Waals surface area contributed by atoms with Crippen LogP contribution in [0.2, 0.25) is 5.02 Å². The Balaban J connectivity index is 1.67. The summed E-state index contributed by atoms with van der Waals surface area (Å²) < 4.78 is 48.1. The van der Waals surface area contributed by atoms with Gasteiger partial charge in [0.25, 0.3) is 5.91 Å². The van der Waals surface area contributed by atoms with Crippen molar-refractivity contribution in [2.24, 2.45) is 0 Å². The first-order valence-electron chi connectivity index (χ1n) is 9.21. The molecule has 0 saturated carbocycles. The maximum Gasteiger partial charge on any atom is 0.434 e. The number of nitrogens with zero attached hydrogens (tertiary/aromatic N) is 3. The minimum absolute atomic E-state index is 0.123. The van der Waals surface area contributed by atoms with E-state index in [1.54, 1.807) is 6.07 Å². The Hall–Kier alpha value is -2.84. The van der Waals surface area contributed by atoms with Gasteiger partial charge in [-0.2, -0.15) is 18.3 Å². The number of alkyl halides is 3. The number of ether oxygens (including phenoxy) is 1. The van der Waals surface area contributed by atoms with Crippen molar-refractivity contribution in [1.82, 2.24) is 14.7 Å². The lowest BCUT2D eigenvalue weighted by Gasteiger charge is -2.33. The van der Waals surface area contributed by atoms with E-state index in [0.717, 1.165) is 11.8 Å². The van der Waals surface area contributed by atoms with Crippen LogP contribution in [0.1, 0.15) is 27.7 Å². The molecule has 9 heteroatoms. The largest absolute Gasteiger partial charge is 0.434 e. The number of benzene rings is 2. The number of carbonyl (C=O) groups is 1. The molecule has 2 aromatic carbocycles. The highest BCUT2D eigenvalue weighted by molar-refractivity contribution is 6.30. The van der Waals surface area contributed by atoms with Crippen molar-refractivity contribution in [3.8, 4) is 5.69 Å². The molecule has 5 nitrogen and oxygen atoms in total. The molecule has 0 spiro atoms. The second-order valence-electron chi connectivity index (χ2n) is 6.82. The zero-order valence-corrected chi connectivity index (χ0v) is 16.4. The number of carbonyl (C=O) groups excluding carboxylic acids is 1. The molecule has 1 aromatic heterocycles. The topological polar surface area (TPSA) is 47.4 Å². The molecule has 2 heterocycles. The molecule has 4 rings (SSSR count). The minimum Gasteiger partial charge on any atom is -0.370 e. The quantitative estimate of drug-likeness (QED) is 0.596. The fourth-order valence-electron chi connectivity index (χ4n) is 3.45. The van der Waals surface area contributed by atoms with Crippen LogP contribution < -0.4 is 0 Å². The van der Waals surface area contributed by atoms with Crippen LogP contribution in [0.5, 0.6) is 0 Å². The number of hydrogen-bond donors (Lipinski definition) is 0. The summed E-state index contributed by atoms with van der Waals surface area (Å²) in [5, 5.41) is 4.11. The Morgan fingerprint density at radius 2 is 1.90 bits per heavy atom. The van der Waals surface area contributed by atoms with Gasteiger partial charge < -0.3 is 9.64 Å². The maximum atomic E-state index is 13.9. The summed E-state index contributed by atoms with van der Waals surface area (Å²) in [5.74, 6) is -0.736. The molecular weight excluding hydrogens is 419 g/mol. The van der Waals surface area contributed by atoms with E-state index in [1.165, 1.54) is 23.1 Å². The Morgan fingerprint density at radius 1 is 1.13 bits per heavy atom. The molecule has 1 amide bonds. The zero-order chi connectivity index (χ0) is 21.3. The summed E-state index contributed by atoms with van der Waals surface area (Å²) in [6, 6.07) is 15.1. The molecule has 3 aromatic rings. The third-order valence-corrected chi connectivity index (χ3v) is 5.08. The van der Waals surface area contributed by atoms with Gasteiger partial charge in [0, 0.05) is 11.6 Å². The van der Waals surface area contributed by atoms with E-state index in [2.05, 4.69) is 5.10 Å². The summed E-state index contributed by atoms with van der Waals surface area (Å²) in [7, 11) is 0. The average molecular weight is 436 g/mol. The van der Waals surface area contributed by atoms with Gasteiger partial charge in [-0.25, -0.2) is 4.68 Å². The van der Waals surface area contributed by atoms with Gasteiger partial charge in [0.15, 0.2) is 5.69 Å². The molecule has 1 saturated heterocycles. The molecule has 1 fully saturated rings. The van der Waals surface area contributed by atoms with Crippen LogP contribution in [-0.4, -0.2) is 40.3 Å². The fraction of sp³-hybridized carbons (Fsp3) is 0.238. The van der Waals surface area contributed by atoms with Gasteiger partial charge in [0.2, 0.25) is 0 Å². The molecule has 0 aliphatic carbocycles. The van der Waals surface area contributed by atoms with Gasteiger partial charge in [0.05, 0.1) is 30.6 Å². The standard InChI is InChI=1S/C21H17ClF3N3O2/c22-15-7-4-8-16(11-15)28-19(21(23,24)25)17(12-26-28)20(29)27-9-10-30-18(13-27)14-5-2-1-3-6-14/h1-8,11-12,18H,9-10,13H2. The third kappa shape index (κ3) is 4.06. The van der Waals surface area contributed by atoms with Crippen LogP contribution in [0.25, 0.3) is 5.69 Å². The SMILES string of the molecule is O=C(c1cnn(-c2cccc(Cl)c2)c1C(F)(F)F)N1CCOC(c2ccccc2)C1. The first kappa shape index (κ1) is 20.4. The number of aromatic nitrogens is 2. The van der Waals surface area contributed by atoms with E-state index in [-0.39, 0.29) is 30.4 Å². The summed E-state index contributed by atoms with van der Waals surface area (Å²) >= 11 is 5.92. The second kappa shape index (κ2) is 8.12. The van der Waals surface area contributed by atoms with E-state index in [4.69, 9.17) is 16.3 Å². The lowest BCUT2D eigenvalue weighted by Crippen LogP contribution is -2.42. The Morgan fingerprint density at radius 3 is 2.60 bits per heavy atom. The van der Waals surface area contributed by atoms with Gasteiger partial charge >= 0.3 is 6.18 Å². The van der Waals surface area contributed by atoms with E-state index in [1.807, 2.05) is 30.3 Å². The van der Waals surface area contributed by atoms with Gasteiger partial charge in [-0.3, -0.25) is 4.79 Å². The van der Waals surface area contributed by atoms with Crippen LogP contribution >= 0.6 is 11.6 Å². The molecular formula is C21H17ClF3N3O2. The van der Waals surface area contributed by atoms with Crippen LogP contribution in [0.4, 0.5) is 13.2 Å². The highest BCUT2D eigenvalue weighted by atomic mass is 35.5. The predicted octanol–water partition coefficient (Wildman–Crippen LogP) is 4.76. The molecule has 1 atom stereocenters. The molecule has 30 heavy (non-hydrogen) atoms. The van der Waals surface area contributed by atoms with E-state index >= 15 is 0 Å². The molecule has 1 unspecified atom stereocenters. The van der Waals surface area contributed by atoms with Crippen molar-refractivity contribution in [3.05, 3.63) is 82.6 Å². The number of hydrogen-bond acceptors (Lipinski definition) is 3. The van der Waals surface area contributed by atoms with Crippen molar-refractivity contribution in [2.45, 2.75) is 12.3 Å². The van der Waals surface area contributed by atoms with Crippen LogP contribution in [0.3, 0.4) is 0 Å². The molecule has 156 valence electrons. The summed E-state index contributed by atoms with van der Waals surface area (Å²) in [6.07, 6.45) is -4.23. The zero-order valence-electron chi connectivity index (χ0n) is 15.6. The van der Waals surface area contributed by atoms with Crippen molar-refractivity contribution in [3.63, 3.8) is 0 Å². The van der Waals surface area contributed by atoms with Crippen molar-refractivity contribution >= 4 is 17.5 Å².